The molecule has 1 aromatic rings. The minimum atomic E-state index is 0.364. The molecule has 3 N–H and O–H groups in total. The number of methoxy groups -OCH3 is 1. The van der Waals surface area contributed by atoms with Gasteiger partial charge in [-0.15, -0.1) is 0 Å². The van der Waals surface area contributed by atoms with Gasteiger partial charge >= 0.3 is 0 Å². The van der Waals surface area contributed by atoms with Crippen LogP contribution in [0, 0.1) is 6.92 Å². The van der Waals surface area contributed by atoms with Crippen LogP contribution in [0.3, 0.4) is 0 Å². The van der Waals surface area contributed by atoms with Gasteiger partial charge < -0.3 is 10.5 Å². The van der Waals surface area contributed by atoms with Crippen LogP contribution in [-0.4, -0.2) is 23.4 Å². The Bertz CT molecular complexity index is 294. The first-order chi connectivity index (χ1) is 5.74. The van der Waals surface area contributed by atoms with Gasteiger partial charge in [0, 0.05) is 24.3 Å². The second-order valence-corrected chi connectivity index (χ2v) is 3.26. The molecule has 1 aliphatic rings. The number of anilines is 1. The van der Waals surface area contributed by atoms with Crippen LogP contribution in [0.5, 0.6) is 0 Å². The molecule has 1 heterocycles. The monoisotopic (exact) mass is 167 g/mol. The topological polar surface area (TPSA) is 63.9 Å². The third-order valence-electron chi connectivity index (χ3n) is 2.49. The van der Waals surface area contributed by atoms with Crippen molar-refractivity contribution >= 4 is 5.82 Å². The molecule has 66 valence electrons. The van der Waals surface area contributed by atoms with Crippen molar-refractivity contribution in [2.75, 3.05) is 12.8 Å². The summed E-state index contributed by atoms with van der Waals surface area (Å²) in [6.07, 6.45) is 1.45. The van der Waals surface area contributed by atoms with Gasteiger partial charge in [-0.3, -0.25) is 5.10 Å². The molecule has 0 amide bonds. The van der Waals surface area contributed by atoms with Gasteiger partial charge in [0.2, 0.25) is 0 Å². The molecule has 4 heteroatoms. The Morgan fingerprint density at radius 2 is 2.42 bits per heavy atom. The molecule has 0 spiro atoms. The predicted octanol–water partition coefficient (Wildman–Crippen LogP) is 0.803. The highest BCUT2D eigenvalue weighted by atomic mass is 16.5. The van der Waals surface area contributed by atoms with Gasteiger partial charge in [-0.25, -0.2) is 0 Å². The summed E-state index contributed by atoms with van der Waals surface area (Å²) in [7, 11) is 1.74. The molecule has 1 aliphatic carbocycles. The van der Waals surface area contributed by atoms with E-state index in [-0.39, 0.29) is 0 Å². The molecule has 12 heavy (non-hydrogen) atoms. The Labute approximate surface area is 71.1 Å². The first-order valence-electron chi connectivity index (χ1n) is 4.07. The van der Waals surface area contributed by atoms with Gasteiger partial charge in [0.05, 0.1) is 6.10 Å². The Hall–Kier alpha value is -1.03. The maximum absolute atomic E-state index is 5.61. The van der Waals surface area contributed by atoms with Crippen LogP contribution in [0.1, 0.15) is 23.6 Å². The molecule has 4 nitrogen and oxygen atoms in total. The van der Waals surface area contributed by atoms with E-state index in [2.05, 4.69) is 10.2 Å². The largest absolute Gasteiger partial charge is 0.382 e. The highest BCUT2D eigenvalue weighted by Crippen LogP contribution is 2.43. The lowest BCUT2D eigenvalue weighted by molar-refractivity contribution is 0.177. The lowest BCUT2D eigenvalue weighted by atomic mass is 10.2. The summed E-state index contributed by atoms with van der Waals surface area (Å²) < 4.78 is 5.20. The van der Waals surface area contributed by atoms with E-state index >= 15 is 0 Å². The average molecular weight is 167 g/mol. The first-order valence-corrected chi connectivity index (χ1v) is 4.07. The van der Waals surface area contributed by atoms with Crippen molar-refractivity contribution < 1.29 is 4.74 Å². The third-order valence-corrected chi connectivity index (χ3v) is 2.49. The van der Waals surface area contributed by atoms with Crippen LogP contribution in [-0.2, 0) is 4.74 Å². The zero-order chi connectivity index (χ0) is 8.72. The number of nitrogen functional groups attached to an aromatic ring is 1. The molecule has 2 rings (SSSR count). The number of nitrogens with one attached hydrogen (secondary N) is 1. The molecule has 0 saturated heterocycles. The summed E-state index contributed by atoms with van der Waals surface area (Å²) in [5, 5.41) is 6.89. The Kier molecular flexibility index (Phi) is 1.58. The number of rotatable bonds is 2. The summed E-state index contributed by atoms with van der Waals surface area (Å²) in [6.45, 7) is 1.99. The Morgan fingerprint density at radius 3 is 2.83 bits per heavy atom. The molecule has 2 atom stereocenters. The molecular formula is C8H13N3O. The lowest BCUT2D eigenvalue weighted by Gasteiger charge is -1.96. The molecule has 1 aromatic heterocycles. The average Bonchev–Trinajstić information content (AvgIpc) is 2.77. The third kappa shape index (κ3) is 0.992. The van der Waals surface area contributed by atoms with Crippen LogP contribution in [0.15, 0.2) is 0 Å². The number of hydrogen-bond acceptors (Lipinski definition) is 3. The van der Waals surface area contributed by atoms with Crippen LogP contribution >= 0.6 is 0 Å². The lowest BCUT2D eigenvalue weighted by Crippen LogP contribution is -1.93. The molecule has 1 fully saturated rings. The van der Waals surface area contributed by atoms with Crippen molar-refractivity contribution in [1.29, 1.82) is 0 Å². The van der Waals surface area contributed by atoms with Crippen LogP contribution in [0.25, 0.3) is 0 Å². The van der Waals surface area contributed by atoms with Crippen molar-refractivity contribution in [2.24, 2.45) is 0 Å². The van der Waals surface area contributed by atoms with Crippen molar-refractivity contribution in [1.82, 2.24) is 10.2 Å². The van der Waals surface area contributed by atoms with E-state index in [0.717, 1.165) is 17.7 Å². The zero-order valence-electron chi connectivity index (χ0n) is 7.29. The van der Waals surface area contributed by atoms with Gasteiger partial charge in [-0.2, -0.15) is 5.10 Å². The van der Waals surface area contributed by atoms with E-state index < -0.39 is 0 Å². The van der Waals surface area contributed by atoms with E-state index in [1.807, 2.05) is 6.92 Å². The fourth-order valence-corrected chi connectivity index (χ4v) is 1.52. The molecular weight excluding hydrogens is 154 g/mol. The van der Waals surface area contributed by atoms with Crippen molar-refractivity contribution in [3.63, 3.8) is 0 Å². The molecule has 0 aromatic carbocycles. The van der Waals surface area contributed by atoms with Crippen molar-refractivity contribution in [3.8, 4) is 0 Å². The van der Waals surface area contributed by atoms with Crippen LogP contribution < -0.4 is 5.73 Å². The second kappa shape index (κ2) is 2.48. The minimum absolute atomic E-state index is 0.364. The van der Waals surface area contributed by atoms with Gasteiger partial charge in [-0.05, 0) is 13.3 Å². The van der Waals surface area contributed by atoms with Gasteiger partial charge in [0.25, 0.3) is 0 Å². The van der Waals surface area contributed by atoms with Gasteiger partial charge in [0.1, 0.15) is 5.82 Å². The number of H-pyrrole nitrogens is 1. The summed E-state index contributed by atoms with van der Waals surface area (Å²) in [4.78, 5) is 0. The standard InChI is InChI=1S/C8H13N3O/c1-4-7(10-11-8(4)9)5-3-6(5)12-2/h5-6H,3H2,1-2H3,(H3,9,10,11). The van der Waals surface area contributed by atoms with E-state index in [0.29, 0.717) is 17.8 Å². The minimum Gasteiger partial charge on any atom is -0.382 e. The van der Waals surface area contributed by atoms with E-state index in [4.69, 9.17) is 10.5 Å². The predicted molar refractivity (Wildman–Crippen MR) is 45.9 cm³/mol. The molecule has 0 aliphatic heterocycles. The number of nitrogens with two attached hydrogens (primary N) is 1. The molecule has 1 saturated carbocycles. The van der Waals surface area contributed by atoms with Crippen molar-refractivity contribution in [2.45, 2.75) is 25.4 Å². The molecule has 0 radical (unpaired) electrons. The summed E-state index contributed by atoms with van der Waals surface area (Å²) in [5.74, 6) is 1.09. The zero-order valence-corrected chi connectivity index (χ0v) is 7.29. The first kappa shape index (κ1) is 7.61. The summed E-state index contributed by atoms with van der Waals surface area (Å²) in [6, 6.07) is 0. The Morgan fingerprint density at radius 1 is 1.67 bits per heavy atom. The number of nitrogens with zero attached hydrogens (tertiary/aromatic N) is 1. The summed E-state index contributed by atoms with van der Waals surface area (Å²) in [5.41, 5.74) is 7.82. The SMILES string of the molecule is COC1CC1c1[nH]nc(N)c1C. The smallest absolute Gasteiger partial charge is 0.148 e. The molecule has 2 unspecified atom stereocenters. The highest BCUT2D eigenvalue weighted by molar-refractivity contribution is 5.43. The van der Waals surface area contributed by atoms with E-state index in [1.54, 1.807) is 7.11 Å². The normalized spacial score (nSPS) is 27.5. The maximum atomic E-state index is 5.61. The number of aromatic nitrogens is 2. The van der Waals surface area contributed by atoms with Crippen LogP contribution in [0.2, 0.25) is 0 Å². The quantitative estimate of drug-likeness (QED) is 0.684. The van der Waals surface area contributed by atoms with Crippen molar-refractivity contribution in [3.05, 3.63) is 11.3 Å². The van der Waals surface area contributed by atoms with Crippen LogP contribution in [0.4, 0.5) is 5.82 Å². The Balaban J connectivity index is 2.20. The maximum Gasteiger partial charge on any atom is 0.148 e. The van der Waals surface area contributed by atoms with E-state index in [1.165, 1.54) is 0 Å². The molecule has 0 bridgehead atoms. The van der Waals surface area contributed by atoms with E-state index in [9.17, 15) is 0 Å². The summed E-state index contributed by atoms with van der Waals surface area (Å²) >= 11 is 0. The highest BCUT2D eigenvalue weighted by Gasteiger charge is 2.41. The van der Waals surface area contributed by atoms with Gasteiger partial charge in [0.15, 0.2) is 0 Å². The second-order valence-electron chi connectivity index (χ2n) is 3.26. The fourth-order valence-electron chi connectivity index (χ4n) is 1.52. The fraction of sp³-hybridized carbons (Fsp3) is 0.625. The number of aromatic amines is 1. The number of ether oxygens (including phenoxy) is 1. The number of hydrogen-bond donors (Lipinski definition) is 2. The van der Waals surface area contributed by atoms with Gasteiger partial charge in [-0.1, -0.05) is 0 Å².